The van der Waals surface area contributed by atoms with E-state index in [4.69, 9.17) is 0 Å². The van der Waals surface area contributed by atoms with E-state index in [2.05, 4.69) is 20.7 Å². The fraction of sp³-hybridized carbons (Fsp3) is 0.250. The minimum Gasteiger partial charge on any atom is -0.461 e. The number of carbonyl (C=O) groups is 1. The van der Waals surface area contributed by atoms with E-state index in [-0.39, 0.29) is 5.69 Å². The van der Waals surface area contributed by atoms with Crippen molar-refractivity contribution in [2.24, 2.45) is 0 Å². The molecule has 0 unspecified atom stereocenters. The highest BCUT2D eigenvalue weighted by Gasteiger charge is 2.24. The predicted octanol–water partition coefficient (Wildman–Crippen LogP) is 1.07. The van der Waals surface area contributed by atoms with E-state index in [0.717, 1.165) is 4.73 Å². The summed E-state index contributed by atoms with van der Waals surface area (Å²) in [5.74, 6) is -0.562. The first-order chi connectivity index (χ1) is 6.06. The lowest BCUT2D eigenvalue weighted by Gasteiger charge is -1.98. The number of esters is 1. The number of ether oxygens (including phenoxy) is 1. The Morgan fingerprint density at radius 3 is 2.77 bits per heavy atom. The number of aryl methyl sites for hydroxylation is 1. The Labute approximate surface area is 83.8 Å². The van der Waals surface area contributed by atoms with Crippen LogP contribution in [-0.4, -0.2) is 18.3 Å². The summed E-state index contributed by atoms with van der Waals surface area (Å²) in [4.78, 5) is 11.1. The fourth-order valence-electron chi connectivity index (χ4n) is 1.03. The molecule has 1 aromatic rings. The van der Waals surface area contributed by atoms with Crippen LogP contribution in [0.2, 0.25) is 0 Å². The van der Waals surface area contributed by atoms with Gasteiger partial charge in [-0.15, -0.1) is 0 Å². The van der Waals surface area contributed by atoms with Crippen LogP contribution >= 0.6 is 15.9 Å². The monoisotopic (exact) mass is 246 g/mol. The van der Waals surface area contributed by atoms with Crippen LogP contribution in [0.25, 0.3) is 0 Å². The van der Waals surface area contributed by atoms with Crippen molar-refractivity contribution in [3.8, 4) is 0 Å². The third kappa shape index (κ3) is 1.98. The molecule has 70 valence electrons. The van der Waals surface area contributed by atoms with Crippen molar-refractivity contribution < 1.29 is 19.5 Å². The molecule has 4 nitrogen and oxygen atoms in total. The summed E-state index contributed by atoms with van der Waals surface area (Å²) in [6, 6.07) is 1.72. The van der Waals surface area contributed by atoms with Gasteiger partial charge in [-0.1, -0.05) is 0 Å². The van der Waals surface area contributed by atoms with E-state index >= 15 is 0 Å². The van der Waals surface area contributed by atoms with Crippen molar-refractivity contribution in [2.45, 2.75) is 6.92 Å². The Hall–Kier alpha value is -1.10. The van der Waals surface area contributed by atoms with Gasteiger partial charge in [0.15, 0.2) is 0 Å². The van der Waals surface area contributed by atoms with E-state index in [0.29, 0.717) is 10.0 Å². The van der Waals surface area contributed by atoms with Gasteiger partial charge >= 0.3 is 11.7 Å². The Kier molecular flexibility index (Phi) is 2.87. The lowest BCUT2D eigenvalue weighted by Crippen LogP contribution is -2.39. The number of methoxy groups -OCH3 is 1. The summed E-state index contributed by atoms with van der Waals surface area (Å²) in [5.41, 5.74) is 0.773. The molecule has 0 radical (unpaired) electrons. The first kappa shape index (κ1) is 9.98. The van der Waals surface area contributed by atoms with Gasteiger partial charge in [-0.3, -0.25) is 5.21 Å². The number of hydrogen-bond donors (Lipinski definition) is 1. The number of hydrogen-bond acceptors (Lipinski definition) is 3. The van der Waals surface area contributed by atoms with Gasteiger partial charge < -0.3 is 4.74 Å². The van der Waals surface area contributed by atoms with Crippen LogP contribution in [0.3, 0.4) is 0 Å². The molecule has 1 aromatic heterocycles. The molecule has 0 aliphatic rings. The van der Waals surface area contributed by atoms with Gasteiger partial charge in [0.25, 0.3) is 0 Å². The maximum absolute atomic E-state index is 11.1. The third-order valence-corrected chi connectivity index (χ3v) is 2.02. The number of carbonyl (C=O) groups excluding carboxylic acids is 1. The molecule has 0 saturated carbocycles. The molecule has 0 bridgehead atoms. The molecule has 0 fully saturated rings. The highest BCUT2D eigenvalue weighted by Crippen LogP contribution is 2.11. The highest BCUT2D eigenvalue weighted by atomic mass is 79.9. The molecule has 0 spiro atoms. The molecule has 0 aliphatic carbocycles. The second kappa shape index (κ2) is 3.74. The molecule has 0 amide bonds. The number of pyridine rings is 1. The van der Waals surface area contributed by atoms with Crippen molar-refractivity contribution >= 4 is 21.9 Å². The van der Waals surface area contributed by atoms with Gasteiger partial charge in [-0.05, 0) is 28.9 Å². The van der Waals surface area contributed by atoms with E-state index in [1.54, 1.807) is 13.0 Å². The Morgan fingerprint density at radius 1 is 1.69 bits per heavy atom. The van der Waals surface area contributed by atoms with Crippen molar-refractivity contribution in [2.75, 3.05) is 7.11 Å². The minimum atomic E-state index is -0.562. The largest absolute Gasteiger partial charge is 0.461 e. The molecule has 13 heavy (non-hydrogen) atoms. The summed E-state index contributed by atoms with van der Waals surface area (Å²) in [7, 11) is 1.27. The van der Waals surface area contributed by atoms with Crippen LogP contribution < -0.4 is 4.73 Å². The van der Waals surface area contributed by atoms with Gasteiger partial charge in [-0.25, -0.2) is 4.79 Å². The van der Waals surface area contributed by atoms with E-state index < -0.39 is 5.97 Å². The van der Waals surface area contributed by atoms with Crippen molar-refractivity contribution in [1.29, 1.82) is 0 Å². The number of halogens is 1. The number of nitrogens with zero attached hydrogens (tertiary/aromatic N) is 1. The average Bonchev–Trinajstić information content (AvgIpc) is 2.02. The highest BCUT2D eigenvalue weighted by molar-refractivity contribution is 9.10. The van der Waals surface area contributed by atoms with E-state index in [9.17, 15) is 10.0 Å². The summed E-state index contributed by atoms with van der Waals surface area (Å²) in [6.45, 7) is 1.71. The Bertz CT molecular complexity index is 328. The first-order valence-electron chi connectivity index (χ1n) is 3.55. The minimum absolute atomic E-state index is 0.130. The zero-order chi connectivity index (χ0) is 10.0. The zero-order valence-corrected chi connectivity index (χ0v) is 8.83. The van der Waals surface area contributed by atoms with Gasteiger partial charge in [0.05, 0.1) is 11.6 Å². The molecular formula is C8H9BrNO3+. The summed E-state index contributed by atoms with van der Waals surface area (Å²) in [5, 5.41) is 9.36. The molecule has 0 atom stereocenters. The van der Waals surface area contributed by atoms with Crippen LogP contribution in [0.15, 0.2) is 16.7 Å². The van der Waals surface area contributed by atoms with Crippen LogP contribution in [-0.2, 0) is 4.74 Å². The molecule has 0 aromatic carbocycles. The van der Waals surface area contributed by atoms with Crippen LogP contribution in [0, 0.1) is 6.92 Å². The zero-order valence-electron chi connectivity index (χ0n) is 7.24. The fourth-order valence-corrected chi connectivity index (χ4v) is 1.56. The van der Waals surface area contributed by atoms with Gasteiger partial charge in [0, 0.05) is 10.3 Å². The molecule has 5 heteroatoms. The maximum Gasteiger partial charge on any atom is 0.408 e. The molecular weight excluding hydrogens is 238 g/mol. The lowest BCUT2D eigenvalue weighted by atomic mass is 10.2. The van der Waals surface area contributed by atoms with Gasteiger partial charge in [0.1, 0.15) is 0 Å². The Morgan fingerprint density at radius 2 is 2.31 bits per heavy atom. The summed E-state index contributed by atoms with van der Waals surface area (Å²) < 4.78 is 5.94. The van der Waals surface area contributed by atoms with Crippen molar-refractivity contribution in [3.63, 3.8) is 0 Å². The summed E-state index contributed by atoms with van der Waals surface area (Å²) in [6.07, 6.45) is 1.37. The predicted molar refractivity (Wildman–Crippen MR) is 47.6 cm³/mol. The van der Waals surface area contributed by atoms with Crippen LogP contribution in [0.4, 0.5) is 0 Å². The van der Waals surface area contributed by atoms with E-state index in [1.807, 2.05) is 0 Å². The second-order valence-corrected chi connectivity index (χ2v) is 3.44. The third-order valence-electron chi connectivity index (χ3n) is 1.58. The van der Waals surface area contributed by atoms with E-state index in [1.165, 1.54) is 13.3 Å². The first-order valence-corrected chi connectivity index (χ1v) is 4.35. The van der Waals surface area contributed by atoms with Crippen molar-refractivity contribution in [3.05, 3.63) is 28.0 Å². The standard InChI is InChI=1S/C8H9BrNO3/c1-5-3-6(9)4-10(12)7(5)8(11)13-2/h3-4,12H,1-2H3/q+1. The average molecular weight is 247 g/mol. The smallest absolute Gasteiger partial charge is 0.408 e. The molecule has 1 N–H and O–H groups in total. The molecule has 0 saturated heterocycles. The number of rotatable bonds is 1. The summed E-state index contributed by atoms with van der Waals surface area (Å²) >= 11 is 3.19. The molecule has 0 aliphatic heterocycles. The normalized spacial score (nSPS) is 9.77. The van der Waals surface area contributed by atoms with Crippen LogP contribution in [0.1, 0.15) is 16.1 Å². The molecule has 1 heterocycles. The lowest BCUT2D eigenvalue weighted by molar-refractivity contribution is -0.906. The van der Waals surface area contributed by atoms with Crippen LogP contribution in [0.5, 0.6) is 0 Å². The number of aromatic nitrogens is 1. The topological polar surface area (TPSA) is 50.4 Å². The molecule has 1 rings (SSSR count). The maximum atomic E-state index is 11.1. The van der Waals surface area contributed by atoms with Gasteiger partial charge in [-0.2, -0.15) is 0 Å². The SMILES string of the molecule is COC(=O)c1c(C)cc(Br)c[n+]1O. The second-order valence-electron chi connectivity index (χ2n) is 2.53. The Balaban J connectivity index is 3.28. The van der Waals surface area contributed by atoms with Gasteiger partial charge in [0.2, 0.25) is 6.20 Å². The van der Waals surface area contributed by atoms with Crippen molar-refractivity contribution in [1.82, 2.24) is 0 Å². The quantitative estimate of drug-likeness (QED) is 0.458.